The molecule has 1 fully saturated rings. The van der Waals surface area contributed by atoms with Gasteiger partial charge in [0.15, 0.2) is 0 Å². The summed E-state index contributed by atoms with van der Waals surface area (Å²) in [6, 6.07) is 15.9. The number of nitrogens with one attached hydrogen (secondary N) is 2. The van der Waals surface area contributed by atoms with E-state index in [0.29, 0.717) is 18.5 Å². The Bertz CT molecular complexity index is 1480. The number of benzene rings is 2. The van der Waals surface area contributed by atoms with Crippen LogP contribution < -0.4 is 10.1 Å². The van der Waals surface area contributed by atoms with Gasteiger partial charge in [0.25, 0.3) is 5.91 Å². The van der Waals surface area contributed by atoms with E-state index in [0.717, 1.165) is 70.7 Å². The molecule has 2 aromatic heterocycles. The highest BCUT2D eigenvalue weighted by molar-refractivity contribution is 6.01. The summed E-state index contributed by atoms with van der Waals surface area (Å²) in [5, 5.41) is 4.44. The first kappa shape index (κ1) is 25.3. The molecule has 5 rings (SSSR count). The maximum atomic E-state index is 12.9. The third-order valence-electron chi connectivity index (χ3n) is 7.01. The number of para-hydroxylation sites is 1. The Hall–Kier alpha value is -4.33. The lowest BCUT2D eigenvalue weighted by Crippen LogP contribution is -2.27. The van der Waals surface area contributed by atoms with Gasteiger partial charge in [0.1, 0.15) is 11.4 Å². The number of amides is 2. The second-order valence-corrected chi connectivity index (χ2v) is 9.75. The highest BCUT2D eigenvalue weighted by Crippen LogP contribution is 2.36. The molecular weight excluding hydrogens is 478 g/mol. The van der Waals surface area contributed by atoms with Crippen molar-refractivity contribution in [3.63, 3.8) is 0 Å². The van der Waals surface area contributed by atoms with Gasteiger partial charge in [-0.1, -0.05) is 24.3 Å². The van der Waals surface area contributed by atoms with Crippen LogP contribution in [-0.4, -0.2) is 72.4 Å². The minimum absolute atomic E-state index is 0.0635. The Morgan fingerprint density at radius 1 is 1.13 bits per heavy atom. The number of aromatic amines is 1. The Morgan fingerprint density at radius 2 is 1.97 bits per heavy atom. The summed E-state index contributed by atoms with van der Waals surface area (Å²) in [5.41, 5.74) is 6.09. The SMILES string of the molecule is COc1ccccc1-c1c[nH]c2ncc(-c3ccc(C(=O)N(C)C)c(NCCCN4CCCC4=O)c3)cc12. The van der Waals surface area contributed by atoms with E-state index < -0.39 is 0 Å². The van der Waals surface area contributed by atoms with Gasteiger partial charge in [-0.25, -0.2) is 4.98 Å². The summed E-state index contributed by atoms with van der Waals surface area (Å²) >= 11 is 0. The molecule has 196 valence electrons. The predicted octanol–water partition coefficient (Wildman–Crippen LogP) is 5.03. The maximum absolute atomic E-state index is 12.9. The molecule has 8 nitrogen and oxygen atoms in total. The van der Waals surface area contributed by atoms with Crippen LogP contribution in [0.1, 0.15) is 29.6 Å². The Balaban J connectivity index is 1.45. The zero-order chi connectivity index (χ0) is 26.6. The van der Waals surface area contributed by atoms with Crippen molar-refractivity contribution in [2.75, 3.05) is 46.2 Å². The van der Waals surface area contributed by atoms with Crippen LogP contribution in [0.2, 0.25) is 0 Å². The lowest BCUT2D eigenvalue weighted by molar-refractivity contribution is -0.127. The third kappa shape index (κ3) is 5.07. The lowest BCUT2D eigenvalue weighted by Gasteiger charge is -2.18. The summed E-state index contributed by atoms with van der Waals surface area (Å²) in [5.74, 6) is 0.967. The molecule has 38 heavy (non-hydrogen) atoms. The van der Waals surface area contributed by atoms with E-state index in [1.54, 1.807) is 26.1 Å². The smallest absolute Gasteiger partial charge is 0.255 e. The van der Waals surface area contributed by atoms with Gasteiger partial charge in [-0.05, 0) is 42.7 Å². The van der Waals surface area contributed by atoms with Crippen molar-refractivity contribution in [1.29, 1.82) is 0 Å². The van der Waals surface area contributed by atoms with Gasteiger partial charge in [-0.2, -0.15) is 0 Å². The zero-order valence-electron chi connectivity index (χ0n) is 22.1. The van der Waals surface area contributed by atoms with Crippen molar-refractivity contribution in [3.8, 4) is 28.0 Å². The molecule has 3 heterocycles. The number of hydrogen-bond acceptors (Lipinski definition) is 5. The van der Waals surface area contributed by atoms with E-state index in [9.17, 15) is 9.59 Å². The van der Waals surface area contributed by atoms with Gasteiger partial charge < -0.3 is 24.8 Å². The number of hydrogen-bond donors (Lipinski definition) is 2. The first-order valence-electron chi connectivity index (χ1n) is 12.9. The van der Waals surface area contributed by atoms with Gasteiger partial charge in [-0.3, -0.25) is 9.59 Å². The number of likely N-dealkylation sites (tertiary alicyclic amines) is 1. The molecule has 0 spiro atoms. The highest BCUT2D eigenvalue weighted by Gasteiger charge is 2.20. The van der Waals surface area contributed by atoms with Crippen LogP contribution in [0.3, 0.4) is 0 Å². The molecule has 1 aliphatic heterocycles. The fourth-order valence-corrected chi connectivity index (χ4v) is 4.98. The van der Waals surface area contributed by atoms with E-state index in [4.69, 9.17) is 4.74 Å². The number of aromatic nitrogens is 2. The van der Waals surface area contributed by atoms with Crippen LogP contribution >= 0.6 is 0 Å². The molecule has 1 saturated heterocycles. The summed E-state index contributed by atoms with van der Waals surface area (Å²) in [6.45, 7) is 2.22. The maximum Gasteiger partial charge on any atom is 0.255 e. The zero-order valence-corrected chi connectivity index (χ0v) is 22.1. The topological polar surface area (TPSA) is 90.6 Å². The number of ether oxygens (including phenoxy) is 1. The van der Waals surface area contributed by atoms with Crippen molar-refractivity contribution < 1.29 is 14.3 Å². The van der Waals surface area contributed by atoms with Crippen molar-refractivity contribution in [3.05, 3.63) is 66.5 Å². The van der Waals surface area contributed by atoms with Crippen LogP contribution in [0, 0.1) is 0 Å². The van der Waals surface area contributed by atoms with Crippen molar-refractivity contribution in [2.24, 2.45) is 0 Å². The molecule has 2 N–H and O–H groups in total. The van der Waals surface area contributed by atoms with Crippen LogP contribution in [0.15, 0.2) is 60.9 Å². The van der Waals surface area contributed by atoms with Crippen molar-refractivity contribution in [2.45, 2.75) is 19.3 Å². The monoisotopic (exact) mass is 511 g/mol. The number of pyridine rings is 1. The number of anilines is 1. The highest BCUT2D eigenvalue weighted by atomic mass is 16.5. The van der Waals surface area contributed by atoms with Gasteiger partial charge in [0.2, 0.25) is 5.91 Å². The van der Waals surface area contributed by atoms with E-state index in [1.165, 1.54) is 0 Å². The van der Waals surface area contributed by atoms with Gasteiger partial charge >= 0.3 is 0 Å². The predicted molar refractivity (Wildman–Crippen MR) is 150 cm³/mol. The number of carbonyl (C=O) groups excluding carboxylic acids is 2. The van der Waals surface area contributed by atoms with Crippen molar-refractivity contribution >= 4 is 28.5 Å². The van der Waals surface area contributed by atoms with E-state index >= 15 is 0 Å². The number of nitrogens with zero attached hydrogens (tertiary/aromatic N) is 3. The molecule has 1 aliphatic rings. The Labute approximate surface area is 222 Å². The molecule has 0 bridgehead atoms. The fraction of sp³-hybridized carbons (Fsp3) is 0.300. The van der Waals surface area contributed by atoms with Gasteiger partial charge in [0, 0.05) is 80.3 Å². The minimum atomic E-state index is -0.0635. The van der Waals surface area contributed by atoms with E-state index in [2.05, 4.69) is 21.4 Å². The molecule has 2 aromatic carbocycles. The number of H-pyrrole nitrogens is 1. The third-order valence-corrected chi connectivity index (χ3v) is 7.01. The molecule has 8 heteroatoms. The number of carbonyl (C=O) groups is 2. The first-order chi connectivity index (χ1) is 18.5. The minimum Gasteiger partial charge on any atom is -0.496 e. The molecule has 0 atom stereocenters. The summed E-state index contributed by atoms with van der Waals surface area (Å²) in [7, 11) is 5.18. The normalized spacial score (nSPS) is 13.2. The second kappa shape index (κ2) is 11.0. The van der Waals surface area contributed by atoms with Crippen LogP contribution in [0.5, 0.6) is 5.75 Å². The molecule has 0 saturated carbocycles. The fourth-order valence-electron chi connectivity index (χ4n) is 4.98. The second-order valence-electron chi connectivity index (χ2n) is 9.75. The molecule has 0 aliphatic carbocycles. The van der Waals surface area contributed by atoms with E-state index in [-0.39, 0.29) is 11.8 Å². The van der Waals surface area contributed by atoms with Crippen LogP contribution in [0.25, 0.3) is 33.3 Å². The summed E-state index contributed by atoms with van der Waals surface area (Å²) in [4.78, 5) is 36.3. The number of methoxy groups -OCH3 is 1. The van der Waals surface area contributed by atoms with Crippen LogP contribution in [0.4, 0.5) is 5.69 Å². The first-order valence-corrected chi connectivity index (χ1v) is 12.9. The Morgan fingerprint density at radius 3 is 2.74 bits per heavy atom. The molecule has 0 radical (unpaired) electrons. The number of fused-ring (bicyclic) bond motifs is 1. The summed E-state index contributed by atoms with van der Waals surface area (Å²) in [6.07, 6.45) is 6.20. The molecule has 0 unspecified atom stereocenters. The molecule has 2 amide bonds. The summed E-state index contributed by atoms with van der Waals surface area (Å²) < 4.78 is 5.59. The largest absolute Gasteiger partial charge is 0.496 e. The van der Waals surface area contributed by atoms with E-state index in [1.807, 2.05) is 59.8 Å². The van der Waals surface area contributed by atoms with Gasteiger partial charge in [0.05, 0.1) is 12.7 Å². The molecular formula is C30H33N5O3. The molecule has 4 aromatic rings. The average molecular weight is 512 g/mol. The van der Waals surface area contributed by atoms with Crippen LogP contribution in [-0.2, 0) is 4.79 Å². The Kier molecular flexibility index (Phi) is 7.31. The van der Waals surface area contributed by atoms with Gasteiger partial charge in [-0.15, -0.1) is 0 Å². The lowest BCUT2D eigenvalue weighted by atomic mass is 9.99. The average Bonchev–Trinajstić information content (AvgIpc) is 3.55. The quantitative estimate of drug-likeness (QED) is 0.308. The van der Waals surface area contributed by atoms with Crippen molar-refractivity contribution in [1.82, 2.24) is 19.8 Å². The standard InChI is InChI=1S/C30H33N5O3/c1-34(2)30(37)23-12-11-20(17-26(23)31-13-7-15-35-14-6-10-28(35)36)21-16-24-25(19-33-29(24)32-18-21)22-8-4-5-9-27(22)38-3/h4-5,8-9,11-12,16-19,31H,6-7,10,13-15H2,1-3H3,(H,32,33). The number of rotatable bonds is 9.